The molecule has 2 aromatic heterocycles. The number of fused-ring (bicyclic) bond motifs is 1. The number of nitrogens with zero attached hydrogens (tertiary/aromatic N) is 2. The van der Waals surface area contributed by atoms with Crippen LogP contribution in [0.3, 0.4) is 0 Å². The van der Waals surface area contributed by atoms with Gasteiger partial charge in [-0.3, -0.25) is 4.98 Å². The third kappa shape index (κ3) is 2.30. The van der Waals surface area contributed by atoms with Crippen LogP contribution in [0.4, 0.5) is 0 Å². The molecule has 5 heteroatoms. The molecule has 0 spiro atoms. The van der Waals surface area contributed by atoms with Gasteiger partial charge >= 0.3 is 5.97 Å². The van der Waals surface area contributed by atoms with Crippen LogP contribution in [0.25, 0.3) is 11.1 Å². The van der Waals surface area contributed by atoms with Gasteiger partial charge in [0.05, 0.1) is 12.0 Å². The van der Waals surface area contributed by atoms with E-state index in [1.54, 1.807) is 18.5 Å². The molecule has 94 valence electrons. The minimum Gasteiger partial charge on any atom is -0.478 e. The van der Waals surface area contributed by atoms with Gasteiger partial charge in [0.1, 0.15) is 5.52 Å². The van der Waals surface area contributed by atoms with Crippen molar-refractivity contribution in [2.24, 2.45) is 0 Å². The lowest BCUT2D eigenvalue weighted by atomic mass is 10.2. The summed E-state index contributed by atoms with van der Waals surface area (Å²) in [6, 6.07) is 8.42. The van der Waals surface area contributed by atoms with Crippen molar-refractivity contribution in [2.45, 2.75) is 6.42 Å². The largest absolute Gasteiger partial charge is 0.478 e. The number of aromatic carboxylic acids is 1. The van der Waals surface area contributed by atoms with E-state index in [-0.39, 0.29) is 5.56 Å². The SMILES string of the molecule is O=C(O)c1ccc2oc(Cc3cccnc3)nc2c1. The molecular weight excluding hydrogens is 244 g/mol. The molecule has 0 bridgehead atoms. The smallest absolute Gasteiger partial charge is 0.335 e. The molecule has 0 saturated carbocycles. The molecule has 0 unspecified atom stereocenters. The predicted molar refractivity (Wildman–Crippen MR) is 68.0 cm³/mol. The van der Waals surface area contributed by atoms with E-state index in [4.69, 9.17) is 9.52 Å². The second-order valence-electron chi connectivity index (χ2n) is 4.13. The minimum absolute atomic E-state index is 0.203. The molecule has 0 atom stereocenters. The Morgan fingerprint density at radius 1 is 1.32 bits per heavy atom. The maximum atomic E-state index is 10.9. The monoisotopic (exact) mass is 254 g/mol. The number of pyridine rings is 1. The van der Waals surface area contributed by atoms with Crippen molar-refractivity contribution in [3.63, 3.8) is 0 Å². The summed E-state index contributed by atoms with van der Waals surface area (Å²) >= 11 is 0. The zero-order valence-corrected chi connectivity index (χ0v) is 9.91. The molecule has 0 radical (unpaired) electrons. The van der Waals surface area contributed by atoms with Crippen molar-refractivity contribution in [3.8, 4) is 0 Å². The highest BCUT2D eigenvalue weighted by Gasteiger charge is 2.10. The van der Waals surface area contributed by atoms with Gasteiger partial charge in [0.25, 0.3) is 0 Å². The van der Waals surface area contributed by atoms with Crippen LogP contribution < -0.4 is 0 Å². The average Bonchev–Trinajstić information content (AvgIpc) is 2.80. The Labute approximate surface area is 108 Å². The van der Waals surface area contributed by atoms with E-state index in [1.165, 1.54) is 12.1 Å². The fraction of sp³-hybridized carbons (Fsp3) is 0.0714. The van der Waals surface area contributed by atoms with E-state index in [9.17, 15) is 4.79 Å². The number of hydrogen-bond acceptors (Lipinski definition) is 4. The van der Waals surface area contributed by atoms with Gasteiger partial charge in [0.15, 0.2) is 11.5 Å². The lowest BCUT2D eigenvalue weighted by molar-refractivity contribution is 0.0697. The van der Waals surface area contributed by atoms with Crippen LogP contribution >= 0.6 is 0 Å². The quantitative estimate of drug-likeness (QED) is 0.777. The van der Waals surface area contributed by atoms with Crippen molar-refractivity contribution in [2.75, 3.05) is 0 Å². The third-order valence-electron chi connectivity index (χ3n) is 2.76. The van der Waals surface area contributed by atoms with Gasteiger partial charge in [-0.15, -0.1) is 0 Å². The molecule has 19 heavy (non-hydrogen) atoms. The maximum Gasteiger partial charge on any atom is 0.335 e. The van der Waals surface area contributed by atoms with Gasteiger partial charge in [0, 0.05) is 12.4 Å². The summed E-state index contributed by atoms with van der Waals surface area (Å²) in [5.41, 5.74) is 2.34. The van der Waals surface area contributed by atoms with E-state index in [0.717, 1.165) is 5.56 Å². The molecule has 1 aromatic carbocycles. The Bertz CT molecular complexity index is 735. The Balaban J connectivity index is 1.95. The summed E-state index contributed by atoms with van der Waals surface area (Å²) in [6.07, 6.45) is 3.98. The molecule has 2 heterocycles. The van der Waals surface area contributed by atoms with Crippen molar-refractivity contribution >= 4 is 17.1 Å². The van der Waals surface area contributed by atoms with E-state index >= 15 is 0 Å². The molecule has 0 amide bonds. The lowest BCUT2D eigenvalue weighted by Gasteiger charge is -1.94. The molecule has 0 aliphatic rings. The number of benzene rings is 1. The number of carbonyl (C=O) groups is 1. The first-order chi connectivity index (χ1) is 9.22. The van der Waals surface area contributed by atoms with Gasteiger partial charge in [-0.2, -0.15) is 0 Å². The summed E-state index contributed by atoms with van der Waals surface area (Å²) < 4.78 is 5.57. The number of oxazole rings is 1. The van der Waals surface area contributed by atoms with Crippen LogP contribution in [0.15, 0.2) is 47.1 Å². The molecular formula is C14H10N2O3. The molecule has 5 nitrogen and oxygen atoms in total. The number of carboxylic acid groups (broad SMARTS) is 1. The van der Waals surface area contributed by atoms with E-state index < -0.39 is 5.97 Å². The van der Waals surface area contributed by atoms with Gasteiger partial charge in [-0.05, 0) is 29.8 Å². The van der Waals surface area contributed by atoms with E-state index in [2.05, 4.69) is 9.97 Å². The Morgan fingerprint density at radius 2 is 2.21 bits per heavy atom. The van der Waals surface area contributed by atoms with Crippen molar-refractivity contribution in [1.82, 2.24) is 9.97 Å². The number of carboxylic acids is 1. The molecule has 0 fully saturated rings. The van der Waals surface area contributed by atoms with Gasteiger partial charge in [-0.1, -0.05) is 6.07 Å². The van der Waals surface area contributed by atoms with Crippen LogP contribution in [-0.4, -0.2) is 21.0 Å². The molecule has 1 N–H and O–H groups in total. The Kier molecular flexibility index (Phi) is 2.72. The van der Waals surface area contributed by atoms with Crippen molar-refractivity contribution in [3.05, 3.63) is 59.7 Å². The van der Waals surface area contributed by atoms with Crippen LogP contribution in [0, 0.1) is 0 Å². The second kappa shape index (κ2) is 4.53. The summed E-state index contributed by atoms with van der Waals surface area (Å²) in [6.45, 7) is 0. The van der Waals surface area contributed by atoms with Gasteiger partial charge in [-0.25, -0.2) is 9.78 Å². The Hall–Kier alpha value is -2.69. The van der Waals surface area contributed by atoms with Gasteiger partial charge < -0.3 is 9.52 Å². The number of aromatic nitrogens is 2. The molecule has 0 aliphatic carbocycles. The topological polar surface area (TPSA) is 76.2 Å². The number of rotatable bonds is 3. The summed E-state index contributed by atoms with van der Waals surface area (Å²) in [5, 5.41) is 8.92. The maximum absolute atomic E-state index is 10.9. The fourth-order valence-corrected chi connectivity index (χ4v) is 1.86. The lowest BCUT2D eigenvalue weighted by Crippen LogP contribution is -1.94. The summed E-state index contributed by atoms with van der Waals surface area (Å²) in [7, 11) is 0. The van der Waals surface area contributed by atoms with E-state index in [1.807, 2.05) is 12.1 Å². The van der Waals surface area contributed by atoms with Crippen LogP contribution in [-0.2, 0) is 6.42 Å². The first-order valence-corrected chi connectivity index (χ1v) is 5.74. The fourth-order valence-electron chi connectivity index (χ4n) is 1.86. The highest BCUT2D eigenvalue weighted by Crippen LogP contribution is 2.19. The molecule has 0 saturated heterocycles. The zero-order valence-electron chi connectivity index (χ0n) is 9.91. The first kappa shape index (κ1) is 11.4. The van der Waals surface area contributed by atoms with Crippen LogP contribution in [0.2, 0.25) is 0 Å². The standard InChI is InChI=1S/C14H10N2O3/c17-14(18)10-3-4-12-11(7-10)16-13(19-12)6-9-2-1-5-15-8-9/h1-5,7-8H,6H2,(H,17,18). The number of hydrogen-bond donors (Lipinski definition) is 1. The zero-order chi connectivity index (χ0) is 13.2. The van der Waals surface area contributed by atoms with Gasteiger partial charge in [0.2, 0.25) is 0 Å². The van der Waals surface area contributed by atoms with Crippen LogP contribution in [0.5, 0.6) is 0 Å². The van der Waals surface area contributed by atoms with Crippen LogP contribution in [0.1, 0.15) is 21.8 Å². The first-order valence-electron chi connectivity index (χ1n) is 5.74. The average molecular weight is 254 g/mol. The third-order valence-corrected chi connectivity index (χ3v) is 2.76. The second-order valence-corrected chi connectivity index (χ2v) is 4.13. The summed E-state index contributed by atoms with van der Waals surface area (Å²) in [4.78, 5) is 19.2. The predicted octanol–water partition coefficient (Wildman–Crippen LogP) is 2.51. The molecule has 0 aliphatic heterocycles. The van der Waals surface area contributed by atoms with Crippen molar-refractivity contribution in [1.29, 1.82) is 0 Å². The molecule has 3 aromatic rings. The van der Waals surface area contributed by atoms with Crippen molar-refractivity contribution < 1.29 is 14.3 Å². The summed E-state index contributed by atoms with van der Waals surface area (Å²) in [5.74, 6) is -0.427. The highest BCUT2D eigenvalue weighted by molar-refractivity contribution is 5.91. The molecule has 3 rings (SSSR count). The normalized spacial score (nSPS) is 10.7. The van der Waals surface area contributed by atoms with E-state index in [0.29, 0.717) is 23.4 Å². The highest BCUT2D eigenvalue weighted by atomic mass is 16.4. The Morgan fingerprint density at radius 3 is 2.95 bits per heavy atom. The minimum atomic E-state index is -0.973.